The minimum Gasteiger partial charge on any atom is -0.296 e. The lowest BCUT2D eigenvalue weighted by atomic mass is 10.0. The summed E-state index contributed by atoms with van der Waals surface area (Å²) in [5.41, 5.74) is 3.23. The van der Waals surface area contributed by atoms with Gasteiger partial charge in [-0.05, 0) is 29.3 Å². The van der Waals surface area contributed by atoms with Crippen molar-refractivity contribution in [2.75, 3.05) is 5.32 Å². The van der Waals surface area contributed by atoms with Crippen LogP contribution in [0.25, 0.3) is 22.2 Å². The summed E-state index contributed by atoms with van der Waals surface area (Å²) in [4.78, 5) is 13.0. The summed E-state index contributed by atoms with van der Waals surface area (Å²) in [5, 5.41) is 13.0. The third-order valence-corrected chi connectivity index (χ3v) is 5.32. The van der Waals surface area contributed by atoms with Crippen LogP contribution < -0.4 is 5.32 Å². The molecule has 1 amide bonds. The first kappa shape index (κ1) is 19.1. The van der Waals surface area contributed by atoms with E-state index < -0.39 is 0 Å². The van der Waals surface area contributed by atoms with Crippen molar-refractivity contribution in [2.45, 2.75) is 0 Å². The van der Waals surface area contributed by atoms with Gasteiger partial charge in [-0.1, -0.05) is 95.7 Å². The Bertz CT molecular complexity index is 1140. The van der Waals surface area contributed by atoms with E-state index in [9.17, 15) is 4.79 Å². The standard InChI is InChI=1S/C23H16ClN3OS/c24-19-13-11-18(12-14-19)22-26-27-23(29-22)25-21(28)20(17-9-5-2-6-10-17)15-16-7-3-1-4-8-16/h1-15H,(H,25,27,28)/b20-15+. The highest BCUT2D eigenvalue weighted by molar-refractivity contribution is 7.18. The average Bonchev–Trinajstić information content (AvgIpc) is 3.22. The van der Waals surface area contributed by atoms with Crippen molar-refractivity contribution in [2.24, 2.45) is 0 Å². The fourth-order valence-electron chi connectivity index (χ4n) is 2.76. The lowest BCUT2D eigenvalue weighted by Gasteiger charge is -2.07. The van der Waals surface area contributed by atoms with E-state index in [2.05, 4.69) is 15.5 Å². The number of halogens is 1. The van der Waals surface area contributed by atoms with Crippen LogP contribution in [0.1, 0.15) is 11.1 Å². The zero-order valence-electron chi connectivity index (χ0n) is 15.2. The van der Waals surface area contributed by atoms with Gasteiger partial charge in [-0.25, -0.2) is 0 Å². The Hall–Kier alpha value is -3.28. The topological polar surface area (TPSA) is 54.9 Å². The summed E-state index contributed by atoms with van der Waals surface area (Å²) in [6.07, 6.45) is 1.87. The molecular weight excluding hydrogens is 402 g/mol. The first-order valence-corrected chi connectivity index (χ1v) is 10.1. The summed E-state index contributed by atoms with van der Waals surface area (Å²) in [7, 11) is 0. The number of aromatic nitrogens is 2. The van der Waals surface area contributed by atoms with E-state index in [0.717, 1.165) is 16.7 Å². The molecule has 4 rings (SSSR count). The van der Waals surface area contributed by atoms with E-state index in [1.807, 2.05) is 78.9 Å². The molecule has 142 valence electrons. The summed E-state index contributed by atoms with van der Waals surface area (Å²) in [6, 6.07) is 26.6. The van der Waals surface area contributed by atoms with E-state index in [1.54, 1.807) is 12.1 Å². The fraction of sp³-hybridized carbons (Fsp3) is 0. The van der Waals surface area contributed by atoms with Crippen molar-refractivity contribution in [1.82, 2.24) is 10.2 Å². The monoisotopic (exact) mass is 417 g/mol. The van der Waals surface area contributed by atoms with Crippen molar-refractivity contribution in [3.05, 3.63) is 101 Å². The van der Waals surface area contributed by atoms with Gasteiger partial charge in [-0.15, -0.1) is 10.2 Å². The second-order valence-corrected chi connectivity index (χ2v) is 7.62. The van der Waals surface area contributed by atoms with Crippen LogP contribution >= 0.6 is 22.9 Å². The number of benzene rings is 3. The normalized spacial score (nSPS) is 11.3. The lowest BCUT2D eigenvalue weighted by molar-refractivity contribution is -0.111. The van der Waals surface area contributed by atoms with Crippen LogP contribution in [-0.4, -0.2) is 16.1 Å². The van der Waals surface area contributed by atoms with Gasteiger partial charge in [0.25, 0.3) is 5.91 Å². The molecule has 4 nitrogen and oxygen atoms in total. The fourth-order valence-corrected chi connectivity index (χ4v) is 3.63. The molecule has 0 fully saturated rings. The SMILES string of the molecule is O=C(Nc1nnc(-c2ccc(Cl)cc2)s1)/C(=C/c1ccccc1)c1ccccc1. The van der Waals surface area contributed by atoms with Crippen LogP contribution in [0, 0.1) is 0 Å². The number of nitrogens with one attached hydrogen (secondary N) is 1. The predicted octanol–water partition coefficient (Wildman–Crippen LogP) is 6.04. The summed E-state index contributed by atoms with van der Waals surface area (Å²) in [5.74, 6) is -0.237. The van der Waals surface area contributed by atoms with Gasteiger partial charge in [0, 0.05) is 16.2 Å². The van der Waals surface area contributed by atoms with E-state index in [1.165, 1.54) is 11.3 Å². The van der Waals surface area contributed by atoms with Gasteiger partial charge in [0.15, 0.2) is 0 Å². The van der Waals surface area contributed by atoms with Gasteiger partial charge in [0.2, 0.25) is 5.13 Å². The predicted molar refractivity (Wildman–Crippen MR) is 120 cm³/mol. The molecule has 0 saturated carbocycles. The molecule has 0 unspecified atom stereocenters. The van der Waals surface area contributed by atoms with Crippen molar-refractivity contribution >= 4 is 45.6 Å². The van der Waals surface area contributed by atoms with Gasteiger partial charge in [-0.3, -0.25) is 10.1 Å². The lowest BCUT2D eigenvalue weighted by Crippen LogP contribution is -2.13. The largest absolute Gasteiger partial charge is 0.296 e. The number of carbonyl (C=O) groups is 1. The molecule has 1 aromatic heterocycles. The molecule has 0 aliphatic rings. The van der Waals surface area contributed by atoms with Crippen LogP contribution in [0.5, 0.6) is 0 Å². The molecule has 0 aliphatic heterocycles. The van der Waals surface area contributed by atoms with Crippen molar-refractivity contribution in [3.8, 4) is 10.6 Å². The third kappa shape index (κ3) is 4.77. The van der Waals surface area contributed by atoms with E-state index >= 15 is 0 Å². The Balaban J connectivity index is 1.60. The molecule has 29 heavy (non-hydrogen) atoms. The molecule has 1 N–H and O–H groups in total. The van der Waals surface area contributed by atoms with Crippen LogP contribution in [0.15, 0.2) is 84.9 Å². The maximum Gasteiger partial charge on any atom is 0.258 e. The number of hydrogen-bond donors (Lipinski definition) is 1. The Labute approximate surface area is 177 Å². The van der Waals surface area contributed by atoms with Gasteiger partial charge >= 0.3 is 0 Å². The first-order valence-electron chi connectivity index (χ1n) is 8.92. The maximum absolute atomic E-state index is 13.0. The number of hydrogen-bond acceptors (Lipinski definition) is 4. The maximum atomic E-state index is 13.0. The van der Waals surface area contributed by atoms with Gasteiger partial charge < -0.3 is 0 Å². The zero-order valence-corrected chi connectivity index (χ0v) is 16.8. The number of carbonyl (C=O) groups excluding carboxylic acids is 1. The van der Waals surface area contributed by atoms with E-state index in [4.69, 9.17) is 11.6 Å². The highest BCUT2D eigenvalue weighted by atomic mass is 35.5. The van der Waals surface area contributed by atoms with Crippen molar-refractivity contribution in [1.29, 1.82) is 0 Å². The smallest absolute Gasteiger partial charge is 0.258 e. The third-order valence-electron chi connectivity index (χ3n) is 4.18. The van der Waals surface area contributed by atoms with Crippen molar-refractivity contribution < 1.29 is 4.79 Å². The summed E-state index contributed by atoms with van der Waals surface area (Å²) < 4.78 is 0. The van der Waals surface area contributed by atoms with Crippen molar-refractivity contribution in [3.63, 3.8) is 0 Å². The highest BCUT2D eigenvalue weighted by Gasteiger charge is 2.15. The van der Waals surface area contributed by atoms with Crippen LogP contribution in [0.3, 0.4) is 0 Å². The highest BCUT2D eigenvalue weighted by Crippen LogP contribution is 2.28. The second kappa shape index (κ2) is 8.82. The molecule has 0 atom stereocenters. The minimum absolute atomic E-state index is 0.237. The van der Waals surface area contributed by atoms with E-state index in [-0.39, 0.29) is 5.91 Å². The van der Waals surface area contributed by atoms with E-state index in [0.29, 0.717) is 20.7 Å². The molecule has 0 spiro atoms. The molecule has 3 aromatic carbocycles. The van der Waals surface area contributed by atoms with Gasteiger partial charge in [0.05, 0.1) is 0 Å². The number of nitrogens with zero attached hydrogens (tertiary/aromatic N) is 2. The Morgan fingerprint density at radius 2 is 1.52 bits per heavy atom. The Kier molecular flexibility index (Phi) is 5.79. The second-order valence-electron chi connectivity index (χ2n) is 6.21. The zero-order chi connectivity index (χ0) is 20.1. The van der Waals surface area contributed by atoms with Gasteiger partial charge in [0.1, 0.15) is 5.01 Å². The Morgan fingerprint density at radius 3 is 2.21 bits per heavy atom. The molecule has 0 bridgehead atoms. The molecule has 1 heterocycles. The number of rotatable bonds is 5. The Morgan fingerprint density at radius 1 is 0.862 bits per heavy atom. The molecule has 4 aromatic rings. The van der Waals surface area contributed by atoms with Gasteiger partial charge in [-0.2, -0.15) is 0 Å². The van der Waals surface area contributed by atoms with Crippen LogP contribution in [0.4, 0.5) is 5.13 Å². The number of amides is 1. The molecule has 0 saturated heterocycles. The number of anilines is 1. The molecule has 6 heteroatoms. The average molecular weight is 418 g/mol. The summed E-state index contributed by atoms with van der Waals surface area (Å²) >= 11 is 7.25. The molecule has 0 aliphatic carbocycles. The van der Waals surface area contributed by atoms with Crippen LogP contribution in [-0.2, 0) is 4.79 Å². The first-order chi connectivity index (χ1) is 14.2. The minimum atomic E-state index is -0.237. The molecular formula is C23H16ClN3OS. The quantitative estimate of drug-likeness (QED) is 0.318. The summed E-state index contributed by atoms with van der Waals surface area (Å²) in [6.45, 7) is 0. The van der Waals surface area contributed by atoms with Crippen LogP contribution in [0.2, 0.25) is 5.02 Å². The molecule has 0 radical (unpaired) electrons.